The smallest absolute Gasteiger partial charge is 0.275 e. The molecule has 3 N–H and O–H groups in total. The van der Waals surface area contributed by atoms with Gasteiger partial charge in [0.25, 0.3) is 5.91 Å². The van der Waals surface area contributed by atoms with Crippen LogP contribution < -0.4 is 10.6 Å². The fourth-order valence-electron chi connectivity index (χ4n) is 6.61. The molecule has 0 atom stereocenters. The molecule has 0 radical (unpaired) electrons. The van der Waals surface area contributed by atoms with Crippen molar-refractivity contribution in [3.05, 3.63) is 71.8 Å². The van der Waals surface area contributed by atoms with Gasteiger partial charge in [-0.2, -0.15) is 0 Å². The largest absolute Gasteiger partial charge is 0.340 e. The van der Waals surface area contributed by atoms with Gasteiger partial charge in [-0.15, -0.1) is 0 Å². The van der Waals surface area contributed by atoms with E-state index < -0.39 is 0 Å². The lowest BCUT2D eigenvalue weighted by molar-refractivity contribution is -0.730. The van der Waals surface area contributed by atoms with Gasteiger partial charge in [0.15, 0.2) is 6.54 Å². The number of nitrogens with one attached hydrogen (secondary N) is 1. The Morgan fingerprint density at radius 1 is 0.857 bits per heavy atom. The fourth-order valence-corrected chi connectivity index (χ4v) is 6.61. The van der Waals surface area contributed by atoms with Crippen molar-refractivity contribution in [3.8, 4) is 0 Å². The molecule has 146 valence electrons. The van der Waals surface area contributed by atoms with Gasteiger partial charge in [-0.05, 0) is 48.1 Å². The lowest BCUT2D eigenvalue weighted by atomic mass is 9.53. The average Bonchev–Trinajstić information content (AvgIpc) is 2.71. The van der Waals surface area contributed by atoms with Crippen molar-refractivity contribution in [1.29, 1.82) is 0 Å². The van der Waals surface area contributed by atoms with Crippen LogP contribution in [0.25, 0.3) is 0 Å². The van der Waals surface area contributed by atoms with Gasteiger partial charge in [0, 0.05) is 19.3 Å². The lowest BCUT2D eigenvalue weighted by Crippen LogP contribution is -3.00. The first-order valence-corrected chi connectivity index (χ1v) is 10.9. The first-order valence-electron chi connectivity index (χ1n) is 10.9. The van der Waals surface area contributed by atoms with Crippen molar-refractivity contribution in [1.82, 2.24) is 5.32 Å². The third kappa shape index (κ3) is 3.60. The molecule has 6 rings (SSSR count). The van der Waals surface area contributed by atoms with Crippen LogP contribution in [0.1, 0.15) is 55.7 Å². The molecule has 4 bridgehead atoms. The Bertz CT molecular complexity index is 742. The molecule has 2 aromatic carbocycles. The molecule has 4 fully saturated rings. The molecule has 1 amide bonds. The molecule has 0 heterocycles. The maximum Gasteiger partial charge on any atom is 0.275 e. The number of quaternary nitrogens is 1. The Morgan fingerprint density at radius 3 is 1.79 bits per heavy atom. The zero-order chi connectivity index (χ0) is 19.0. The summed E-state index contributed by atoms with van der Waals surface area (Å²) in [6.45, 7) is 0.544. The molecule has 0 aliphatic heterocycles. The highest BCUT2D eigenvalue weighted by Crippen LogP contribution is 2.54. The number of hydrogen-bond acceptors (Lipinski definition) is 1. The van der Waals surface area contributed by atoms with Gasteiger partial charge in [-0.3, -0.25) is 4.79 Å². The van der Waals surface area contributed by atoms with Crippen LogP contribution in [-0.2, 0) is 4.79 Å². The van der Waals surface area contributed by atoms with Crippen LogP contribution in [-0.4, -0.2) is 18.0 Å². The Hall–Kier alpha value is -2.13. The van der Waals surface area contributed by atoms with E-state index in [1.165, 1.54) is 38.5 Å². The van der Waals surface area contributed by atoms with Gasteiger partial charge >= 0.3 is 0 Å². The van der Waals surface area contributed by atoms with E-state index in [1.54, 1.807) is 0 Å². The van der Waals surface area contributed by atoms with Crippen molar-refractivity contribution in [2.24, 2.45) is 17.8 Å². The summed E-state index contributed by atoms with van der Waals surface area (Å²) in [6.07, 6.45) is 8.32. The lowest BCUT2D eigenvalue weighted by Gasteiger charge is -2.54. The number of nitrogens with two attached hydrogens (primary N) is 1. The summed E-state index contributed by atoms with van der Waals surface area (Å²) in [7, 11) is 0. The van der Waals surface area contributed by atoms with Crippen LogP contribution in [0.4, 0.5) is 0 Å². The molecule has 4 saturated carbocycles. The summed E-state index contributed by atoms with van der Waals surface area (Å²) in [6, 6.07) is 20.5. The Labute approximate surface area is 167 Å². The van der Waals surface area contributed by atoms with Gasteiger partial charge in [0.05, 0.1) is 11.6 Å². The SMILES string of the molecule is O=C(C[NH2+]C12CC3CC(CC(C3)C1)C2)NC(c1ccccc1)c1ccccc1. The van der Waals surface area contributed by atoms with E-state index >= 15 is 0 Å². The fraction of sp³-hybridized carbons (Fsp3) is 0.480. The van der Waals surface area contributed by atoms with E-state index in [4.69, 9.17) is 0 Å². The monoisotopic (exact) mass is 375 g/mol. The molecule has 28 heavy (non-hydrogen) atoms. The van der Waals surface area contributed by atoms with Crippen LogP contribution in [0.3, 0.4) is 0 Å². The van der Waals surface area contributed by atoms with E-state index in [0.717, 1.165) is 28.9 Å². The van der Waals surface area contributed by atoms with E-state index in [2.05, 4.69) is 34.9 Å². The summed E-state index contributed by atoms with van der Waals surface area (Å²) < 4.78 is 0. The van der Waals surface area contributed by atoms with Crippen LogP contribution in [0, 0.1) is 17.8 Å². The summed E-state index contributed by atoms with van der Waals surface area (Å²) in [5, 5.41) is 5.71. The highest BCUT2D eigenvalue weighted by atomic mass is 16.2. The van der Waals surface area contributed by atoms with E-state index in [1.807, 2.05) is 36.4 Å². The topological polar surface area (TPSA) is 45.7 Å². The first kappa shape index (κ1) is 17.9. The van der Waals surface area contributed by atoms with Gasteiger partial charge in [0.1, 0.15) is 0 Å². The second-order valence-corrected chi connectivity index (χ2v) is 9.51. The molecule has 0 saturated heterocycles. The minimum absolute atomic E-state index is 0.0836. The van der Waals surface area contributed by atoms with Crippen molar-refractivity contribution in [2.75, 3.05) is 6.54 Å². The maximum atomic E-state index is 13.0. The first-order chi connectivity index (χ1) is 13.7. The second kappa shape index (κ2) is 7.36. The van der Waals surface area contributed by atoms with Crippen LogP contribution >= 0.6 is 0 Å². The minimum Gasteiger partial charge on any atom is -0.340 e. The maximum absolute atomic E-state index is 13.0. The molecule has 4 aliphatic rings. The molecule has 4 aliphatic carbocycles. The second-order valence-electron chi connectivity index (χ2n) is 9.51. The number of hydrogen-bond donors (Lipinski definition) is 2. The number of carbonyl (C=O) groups is 1. The molecule has 0 spiro atoms. The van der Waals surface area contributed by atoms with Gasteiger partial charge < -0.3 is 10.6 Å². The van der Waals surface area contributed by atoms with Gasteiger partial charge in [0.2, 0.25) is 0 Å². The zero-order valence-electron chi connectivity index (χ0n) is 16.5. The van der Waals surface area contributed by atoms with E-state index in [9.17, 15) is 4.79 Å². The van der Waals surface area contributed by atoms with E-state index in [-0.39, 0.29) is 11.9 Å². The molecule has 2 aromatic rings. The molecule has 0 aromatic heterocycles. The predicted molar refractivity (Wildman–Crippen MR) is 111 cm³/mol. The standard InChI is InChI=1S/C25H30N2O/c28-23(17-26-25-14-18-11-19(15-25)13-20(12-18)16-25)27-24(21-7-3-1-4-8-21)22-9-5-2-6-10-22/h1-10,18-20,24,26H,11-17H2,(H,27,28)/p+1. The molecular formula is C25H31N2O+. The number of amides is 1. The highest BCUT2D eigenvalue weighted by molar-refractivity contribution is 5.77. The van der Waals surface area contributed by atoms with E-state index in [0.29, 0.717) is 12.1 Å². The third-order valence-electron chi connectivity index (χ3n) is 7.38. The van der Waals surface area contributed by atoms with Crippen molar-refractivity contribution >= 4 is 5.91 Å². The Morgan fingerprint density at radius 2 is 1.32 bits per heavy atom. The zero-order valence-corrected chi connectivity index (χ0v) is 16.5. The van der Waals surface area contributed by atoms with Crippen molar-refractivity contribution < 1.29 is 10.1 Å². The van der Waals surface area contributed by atoms with Crippen LogP contribution in [0.5, 0.6) is 0 Å². The Kier molecular flexibility index (Phi) is 4.72. The normalized spacial score (nSPS) is 30.5. The van der Waals surface area contributed by atoms with Crippen LogP contribution in [0.2, 0.25) is 0 Å². The number of rotatable bonds is 6. The molecule has 0 unspecified atom stereocenters. The summed E-state index contributed by atoms with van der Waals surface area (Å²) in [5.74, 6) is 2.92. The average molecular weight is 376 g/mol. The molecule has 3 nitrogen and oxygen atoms in total. The molecule has 3 heteroatoms. The van der Waals surface area contributed by atoms with Crippen LogP contribution in [0.15, 0.2) is 60.7 Å². The Balaban J connectivity index is 1.27. The molecular weight excluding hydrogens is 344 g/mol. The number of carbonyl (C=O) groups excluding carboxylic acids is 1. The third-order valence-corrected chi connectivity index (χ3v) is 7.38. The predicted octanol–water partition coefficient (Wildman–Crippen LogP) is 3.42. The van der Waals surface area contributed by atoms with Gasteiger partial charge in [-0.25, -0.2) is 0 Å². The quantitative estimate of drug-likeness (QED) is 0.798. The van der Waals surface area contributed by atoms with Gasteiger partial charge in [-0.1, -0.05) is 60.7 Å². The highest BCUT2D eigenvalue weighted by Gasteiger charge is 2.53. The summed E-state index contributed by atoms with van der Waals surface area (Å²) in [4.78, 5) is 13.0. The van der Waals surface area contributed by atoms with Crippen molar-refractivity contribution in [2.45, 2.75) is 50.1 Å². The summed E-state index contributed by atoms with van der Waals surface area (Å²) >= 11 is 0. The number of benzene rings is 2. The minimum atomic E-state index is -0.0836. The summed E-state index contributed by atoms with van der Waals surface area (Å²) in [5.41, 5.74) is 2.62. The van der Waals surface area contributed by atoms with Crippen molar-refractivity contribution in [3.63, 3.8) is 0 Å².